The number of fused-ring (bicyclic) bond motifs is 1. The Morgan fingerprint density at radius 3 is 2.89 bits per heavy atom. The van der Waals surface area contributed by atoms with Crippen molar-refractivity contribution >= 4 is 11.6 Å². The van der Waals surface area contributed by atoms with Crippen LogP contribution >= 0.6 is 0 Å². The Balaban J connectivity index is 2.16. The maximum absolute atomic E-state index is 11.9. The van der Waals surface area contributed by atoms with Gasteiger partial charge < -0.3 is 15.4 Å². The molecule has 2 N–H and O–H groups in total. The molecule has 0 saturated carbocycles. The van der Waals surface area contributed by atoms with Crippen molar-refractivity contribution in [2.45, 2.75) is 27.3 Å². The largest absolute Gasteiger partial charge is 0.492 e. The van der Waals surface area contributed by atoms with Crippen LogP contribution in [0.1, 0.15) is 26.3 Å². The Morgan fingerprint density at radius 1 is 1.39 bits per heavy atom. The highest BCUT2D eigenvalue weighted by molar-refractivity contribution is 5.94. The van der Waals surface area contributed by atoms with Crippen LogP contribution in [0, 0.1) is 5.41 Å². The average molecular weight is 248 g/mol. The third-order valence-electron chi connectivity index (χ3n) is 2.85. The van der Waals surface area contributed by atoms with Crippen LogP contribution in [0.2, 0.25) is 0 Å². The summed E-state index contributed by atoms with van der Waals surface area (Å²) in [4.78, 5) is 11.9. The first-order valence-electron chi connectivity index (χ1n) is 6.25. The number of hydrogen-bond donors (Lipinski definition) is 2. The van der Waals surface area contributed by atoms with Gasteiger partial charge in [-0.1, -0.05) is 20.8 Å². The van der Waals surface area contributed by atoms with Gasteiger partial charge in [0.15, 0.2) is 0 Å². The zero-order chi connectivity index (χ0) is 13.2. The van der Waals surface area contributed by atoms with E-state index in [1.54, 1.807) is 0 Å². The van der Waals surface area contributed by atoms with E-state index in [2.05, 4.69) is 10.6 Å². The average Bonchev–Trinajstić information content (AvgIpc) is 2.52. The summed E-state index contributed by atoms with van der Waals surface area (Å²) in [6.07, 6.45) is 0. The summed E-state index contributed by atoms with van der Waals surface area (Å²) in [5, 5.41) is 6.21. The summed E-state index contributed by atoms with van der Waals surface area (Å²) in [6.45, 7) is 8.00. The highest BCUT2D eigenvalue weighted by Crippen LogP contribution is 2.25. The molecule has 1 aliphatic rings. The number of rotatable bonds is 1. The second kappa shape index (κ2) is 4.98. The van der Waals surface area contributed by atoms with Crippen molar-refractivity contribution in [3.8, 4) is 5.75 Å². The smallest absolute Gasteiger partial charge is 0.229 e. The fourth-order valence-corrected chi connectivity index (χ4v) is 1.71. The quantitative estimate of drug-likeness (QED) is 0.800. The van der Waals surface area contributed by atoms with E-state index >= 15 is 0 Å². The standard InChI is InChI=1S/C14H20N2O2/c1-14(2,3)13(17)16-11-4-5-12-10(8-11)9-15-6-7-18-12/h4-5,8,15H,6-7,9H2,1-3H3,(H,16,17). The molecule has 0 aromatic heterocycles. The molecule has 0 spiro atoms. The zero-order valence-corrected chi connectivity index (χ0v) is 11.2. The van der Waals surface area contributed by atoms with Gasteiger partial charge in [0.1, 0.15) is 12.4 Å². The molecule has 0 fully saturated rings. The van der Waals surface area contributed by atoms with E-state index in [1.165, 1.54) is 0 Å². The lowest BCUT2D eigenvalue weighted by Gasteiger charge is -2.18. The number of benzene rings is 1. The van der Waals surface area contributed by atoms with Crippen molar-refractivity contribution in [3.05, 3.63) is 23.8 Å². The molecule has 1 aromatic carbocycles. The molecule has 0 unspecified atom stereocenters. The number of nitrogens with one attached hydrogen (secondary N) is 2. The van der Waals surface area contributed by atoms with Crippen molar-refractivity contribution in [1.82, 2.24) is 5.32 Å². The minimum atomic E-state index is -0.387. The minimum absolute atomic E-state index is 0.0185. The molecule has 1 amide bonds. The Labute approximate surface area is 108 Å². The molecule has 4 heteroatoms. The van der Waals surface area contributed by atoms with Crippen molar-refractivity contribution in [3.63, 3.8) is 0 Å². The van der Waals surface area contributed by atoms with Crippen molar-refractivity contribution < 1.29 is 9.53 Å². The number of carbonyl (C=O) groups is 1. The number of carbonyl (C=O) groups excluding carboxylic acids is 1. The van der Waals surface area contributed by atoms with E-state index in [4.69, 9.17) is 4.74 Å². The fourth-order valence-electron chi connectivity index (χ4n) is 1.71. The first-order valence-corrected chi connectivity index (χ1v) is 6.25. The molecule has 0 atom stereocenters. The lowest BCUT2D eigenvalue weighted by molar-refractivity contribution is -0.123. The monoisotopic (exact) mass is 248 g/mol. The lowest BCUT2D eigenvalue weighted by atomic mass is 9.95. The second-order valence-corrected chi connectivity index (χ2v) is 5.55. The Kier molecular flexibility index (Phi) is 3.57. The number of hydrogen-bond acceptors (Lipinski definition) is 3. The topological polar surface area (TPSA) is 50.4 Å². The van der Waals surface area contributed by atoms with Gasteiger partial charge in [-0.25, -0.2) is 0 Å². The van der Waals surface area contributed by atoms with Gasteiger partial charge in [0.2, 0.25) is 5.91 Å². The van der Waals surface area contributed by atoms with Crippen LogP contribution in [0.15, 0.2) is 18.2 Å². The van der Waals surface area contributed by atoms with Crippen LogP contribution in [-0.2, 0) is 11.3 Å². The molecular weight excluding hydrogens is 228 g/mol. The molecule has 2 rings (SSSR count). The van der Waals surface area contributed by atoms with Crippen LogP contribution in [0.25, 0.3) is 0 Å². The molecule has 0 aliphatic carbocycles. The second-order valence-electron chi connectivity index (χ2n) is 5.55. The molecule has 4 nitrogen and oxygen atoms in total. The van der Waals surface area contributed by atoms with Gasteiger partial charge in [0.05, 0.1) is 0 Å². The summed E-state index contributed by atoms with van der Waals surface area (Å²) < 4.78 is 5.60. The van der Waals surface area contributed by atoms with E-state index in [9.17, 15) is 4.79 Å². The summed E-state index contributed by atoms with van der Waals surface area (Å²) in [5.74, 6) is 0.915. The predicted molar refractivity (Wildman–Crippen MR) is 71.7 cm³/mol. The Hall–Kier alpha value is -1.55. The molecule has 0 saturated heterocycles. The molecule has 1 heterocycles. The van der Waals surface area contributed by atoms with E-state index < -0.39 is 0 Å². The first kappa shape index (κ1) is 12.9. The highest BCUT2D eigenvalue weighted by atomic mass is 16.5. The summed E-state index contributed by atoms with van der Waals surface area (Å²) in [7, 11) is 0. The SMILES string of the molecule is CC(C)(C)C(=O)Nc1ccc2c(c1)CNCCO2. The maximum Gasteiger partial charge on any atom is 0.229 e. The van der Waals surface area contributed by atoms with Gasteiger partial charge in [-0.15, -0.1) is 0 Å². The van der Waals surface area contributed by atoms with E-state index in [1.807, 2.05) is 39.0 Å². The van der Waals surface area contributed by atoms with Crippen LogP contribution in [0.3, 0.4) is 0 Å². The maximum atomic E-state index is 11.9. The van der Waals surface area contributed by atoms with Crippen molar-refractivity contribution in [2.75, 3.05) is 18.5 Å². The van der Waals surface area contributed by atoms with Gasteiger partial charge in [0, 0.05) is 29.8 Å². The highest BCUT2D eigenvalue weighted by Gasteiger charge is 2.21. The molecule has 0 bridgehead atoms. The fraction of sp³-hybridized carbons (Fsp3) is 0.500. The lowest BCUT2D eigenvalue weighted by Crippen LogP contribution is -2.27. The molecular formula is C14H20N2O2. The van der Waals surface area contributed by atoms with Gasteiger partial charge in [-0.2, -0.15) is 0 Å². The van der Waals surface area contributed by atoms with Gasteiger partial charge in [0.25, 0.3) is 0 Å². The molecule has 18 heavy (non-hydrogen) atoms. The number of amides is 1. The van der Waals surface area contributed by atoms with Gasteiger partial charge >= 0.3 is 0 Å². The summed E-state index contributed by atoms with van der Waals surface area (Å²) >= 11 is 0. The Morgan fingerprint density at radius 2 is 2.17 bits per heavy atom. The van der Waals surface area contributed by atoms with Gasteiger partial charge in [-0.3, -0.25) is 4.79 Å². The molecule has 1 aliphatic heterocycles. The van der Waals surface area contributed by atoms with E-state index in [0.29, 0.717) is 6.61 Å². The molecule has 1 aromatic rings. The third-order valence-corrected chi connectivity index (χ3v) is 2.85. The molecule has 0 radical (unpaired) electrons. The number of ether oxygens (including phenoxy) is 1. The normalized spacial score (nSPS) is 15.3. The third kappa shape index (κ3) is 3.01. The Bertz CT molecular complexity index is 450. The van der Waals surface area contributed by atoms with Crippen molar-refractivity contribution in [2.24, 2.45) is 5.41 Å². The predicted octanol–water partition coefficient (Wildman–Crippen LogP) is 2.15. The van der Waals surface area contributed by atoms with Crippen LogP contribution in [0.4, 0.5) is 5.69 Å². The minimum Gasteiger partial charge on any atom is -0.492 e. The molecule has 98 valence electrons. The summed E-state index contributed by atoms with van der Waals surface area (Å²) in [5.41, 5.74) is 1.52. The van der Waals surface area contributed by atoms with Crippen molar-refractivity contribution in [1.29, 1.82) is 0 Å². The number of anilines is 1. The summed E-state index contributed by atoms with van der Waals surface area (Å²) in [6, 6.07) is 5.77. The van der Waals surface area contributed by atoms with Crippen LogP contribution < -0.4 is 15.4 Å². The van der Waals surface area contributed by atoms with E-state index in [0.717, 1.165) is 30.1 Å². The first-order chi connectivity index (χ1) is 8.47. The zero-order valence-electron chi connectivity index (χ0n) is 11.2. The van der Waals surface area contributed by atoms with Crippen LogP contribution in [-0.4, -0.2) is 19.1 Å². The van der Waals surface area contributed by atoms with E-state index in [-0.39, 0.29) is 11.3 Å². The van der Waals surface area contributed by atoms with Gasteiger partial charge in [-0.05, 0) is 18.2 Å². The van der Waals surface area contributed by atoms with Crippen LogP contribution in [0.5, 0.6) is 5.75 Å².